The molecular weight excluding hydrogens is 269 g/mol. The van der Waals surface area contributed by atoms with E-state index in [1.165, 1.54) is 12.1 Å². The number of aromatic nitrogens is 1. The van der Waals surface area contributed by atoms with Gasteiger partial charge in [0.1, 0.15) is 11.5 Å². The van der Waals surface area contributed by atoms with Crippen LogP contribution in [0.2, 0.25) is 0 Å². The van der Waals surface area contributed by atoms with Gasteiger partial charge in [0.25, 0.3) is 5.91 Å². The third-order valence-corrected chi connectivity index (χ3v) is 2.82. The van der Waals surface area contributed by atoms with E-state index in [0.29, 0.717) is 12.2 Å². The first-order chi connectivity index (χ1) is 10.0. The number of hydrogen-bond acceptors (Lipinski definition) is 3. The molecule has 0 aliphatic rings. The molecule has 0 atom stereocenters. The third kappa shape index (κ3) is 4.56. The summed E-state index contributed by atoms with van der Waals surface area (Å²) in [6.07, 6.45) is 1.59. The van der Waals surface area contributed by atoms with E-state index < -0.39 is 0 Å². The summed E-state index contributed by atoms with van der Waals surface area (Å²) in [6, 6.07) is 9.83. The van der Waals surface area contributed by atoms with Gasteiger partial charge in [-0.2, -0.15) is 0 Å². The molecule has 0 unspecified atom stereocenters. The van der Waals surface area contributed by atoms with E-state index in [-0.39, 0.29) is 17.8 Å². The zero-order valence-corrected chi connectivity index (χ0v) is 12.1. The molecule has 21 heavy (non-hydrogen) atoms. The standard InChI is InChI=1S/C16H18FN3O/c1-11(2)20-16(21)15-9-14(7-8-18-15)19-10-12-3-5-13(17)6-4-12/h3-9,11H,10H2,1-2H3,(H,18,19)(H,20,21). The predicted octanol–water partition coefficient (Wildman–Crippen LogP) is 2.97. The zero-order valence-electron chi connectivity index (χ0n) is 12.1. The molecule has 110 valence electrons. The van der Waals surface area contributed by atoms with Gasteiger partial charge in [0.05, 0.1) is 0 Å². The van der Waals surface area contributed by atoms with Gasteiger partial charge in [-0.3, -0.25) is 9.78 Å². The highest BCUT2D eigenvalue weighted by Gasteiger charge is 2.08. The Hall–Kier alpha value is -2.43. The molecular formula is C16H18FN3O. The number of carbonyl (C=O) groups excluding carboxylic acids is 1. The number of benzene rings is 1. The van der Waals surface area contributed by atoms with Gasteiger partial charge in [-0.1, -0.05) is 12.1 Å². The molecule has 2 rings (SSSR count). The van der Waals surface area contributed by atoms with Crippen LogP contribution in [-0.4, -0.2) is 16.9 Å². The molecule has 0 saturated heterocycles. The lowest BCUT2D eigenvalue weighted by molar-refractivity contribution is 0.0938. The molecule has 0 spiro atoms. The first kappa shape index (κ1) is 15.0. The van der Waals surface area contributed by atoms with Crippen LogP contribution in [0, 0.1) is 5.82 Å². The van der Waals surface area contributed by atoms with E-state index in [1.807, 2.05) is 13.8 Å². The molecule has 0 radical (unpaired) electrons. The van der Waals surface area contributed by atoms with Crippen LogP contribution in [0.15, 0.2) is 42.6 Å². The van der Waals surface area contributed by atoms with E-state index in [4.69, 9.17) is 0 Å². The fourth-order valence-corrected chi connectivity index (χ4v) is 1.81. The molecule has 2 aromatic rings. The maximum atomic E-state index is 12.8. The number of anilines is 1. The molecule has 2 N–H and O–H groups in total. The second-order valence-corrected chi connectivity index (χ2v) is 5.04. The molecule has 0 aliphatic heterocycles. The van der Waals surface area contributed by atoms with Crippen LogP contribution in [0.5, 0.6) is 0 Å². The maximum Gasteiger partial charge on any atom is 0.270 e. The Labute approximate surface area is 123 Å². The molecule has 0 bridgehead atoms. The monoisotopic (exact) mass is 287 g/mol. The van der Waals surface area contributed by atoms with E-state index in [9.17, 15) is 9.18 Å². The summed E-state index contributed by atoms with van der Waals surface area (Å²) >= 11 is 0. The van der Waals surface area contributed by atoms with Crippen molar-refractivity contribution in [1.29, 1.82) is 0 Å². The molecule has 1 heterocycles. The molecule has 0 saturated carbocycles. The number of rotatable bonds is 5. The number of nitrogens with one attached hydrogen (secondary N) is 2. The molecule has 4 nitrogen and oxygen atoms in total. The van der Waals surface area contributed by atoms with Crippen molar-refractivity contribution in [3.63, 3.8) is 0 Å². The van der Waals surface area contributed by atoms with Crippen molar-refractivity contribution in [2.24, 2.45) is 0 Å². The molecule has 5 heteroatoms. The lowest BCUT2D eigenvalue weighted by atomic mass is 10.2. The van der Waals surface area contributed by atoms with E-state index in [2.05, 4.69) is 15.6 Å². The van der Waals surface area contributed by atoms with E-state index in [1.54, 1.807) is 30.5 Å². The second-order valence-electron chi connectivity index (χ2n) is 5.04. The summed E-state index contributed by atoms with van der Waals surface area (Å²) in [5, 5.41) is 5.98. The second kappa shape index (κ2) is 6.83. The zero-order chi connectivity index (χ0) is 15.2. The van der Waals surface area contributed by atoms with Crippen LogP contribution in [0.4, 0.5) is 10.1 Å². The Balaban J connectivity index is 2.00. The van der Waals surface area contributed by atoms with Gasteiger partial charge in [0.15, 0.2) is 0 Å². The Morgan fingerprint density at radius 3 is 2.62 bits per heavy atom. The topological polar surface area (TPSA) is 54.0 Å². The number of pyridine rings is 1. The van der Waals surface area contributed by atoms with Crippen molar-refractivity contribution in [2.75, 3.05) is 5.32 Å². The van der Waals surface area contributed by atoms with Crippen molar-refractivity contribution in [1.82, 2.24) is 10.3 Å². The van der Waals surface area contributed by atoms with Gasteiger partial charge in [-0.15, -0.1) is 0 Å². The Morgan fingerprint density at radius 1 is 1.24 bits per heavy atom. The van der Waals surface area contributed by atoms with Crippen molar-refractivity contribution >= 4 is 11.6 Å². The molecule has 0 fully saturated rings. The lowest BCUT2D eigenvalue weighted by Gasteiger charge is -2.10. The number of hydrogen-bond donors (Lipinski definition) is 2. The van der Waals surface area contributed by atoms with Crippen molar-refractivity contribution in [2.45, 2.75) is 26.4 Å². The Morgan fingerprint density at radius 2 is 1.95 bits per heavy atom. The van der Waals surface area contributed by atoms with Crippen LogP contribution >= 0.6 is 0 Å². The van der Waals surface area contributed by atoms with Gasteiger partial charge in [0, 0.05) is 24.5 Å². The first-order valence-electron chi connectivity index (χ1n) is 6.80. The van der Waals surface area contributed by atoms with Crippen LogP contribution in [0.1, 0.15) is 29.9 Å². The molecule has 0 aliphatic carbocycles. The van der Waals surface area contributed by atoms with Crippen LogP contribution in [0.3, 0.4) is 0 Å². The highest BCUT2D eigenvalue weighted by molar-refractivity contribution is 5.93. The van der Waals surface area contributed by atoms with Crippen molar-refractivity contribution < 1.29 is 9.18 Å². The van der Waals surface area contributed by atoms with E-state index in [0.717, 1.165) is 11.3 Å². The van der Waals surface area contributed by atoms with Gasteiger partial charge in [-0.05, 0) is 43.7 Å². The molecule has 1 aromatic carbocycles. The summed E-state index contributed by atoms with van der Waals surface area (Å²) in [4.78, 5) is 15.9. The summed E-state index contributed by atoms with van der Waals surface area (Å²) in [5.74, 6) is -0.453. The normalized spacial score (nSPS) is 10.5. The minimum Gasteiger partial charge on any atom is -0.381 e. The van der Waals surface area contributed by atoms with E-state index >= 15 is 0 Å². The minimum atomic E-state index is -0.254. The average Bonchev–Trinajstić information content (AvgIpc) is 2.46. The number of carbonyl (C=O) groups is 1. The minimum absolute atomic E-state index is 0.0649. The Bertz CT molecular complexity index is 611. The molecule has 1 amide bonds. The lowest BCUT2D eigenvalue weighted by Crippen LogP contribution is -2.30. The highest BCUT2D eigenvalue weighted by atomic mass is 19.1. The fourth-order valence-electron chi connectivity index (χ4n) is 1.81. The third-order valence-electron chi connectivity index (χ3n) is 2.82. The van der Waals surface area contributed by atoms with Crippen molar-refractivity contribution in [3.8, 4) is 0 Å². The van der Waals surface area contributed by atoms with Crippen molar-refractivity contribution in [3.05, 3.63) is 59.7 Å². The van der Waals surface area contributed by atoms with Gasteiger partial charge >= 0.3 is 0 Å². The predicted molar refractivity (Wildman–Crippen MR) is 80.6 cm³/mol. The average molecular weight is 287 g/mol. The summed E-state index contributed by atoms with van der Waals surface area (Å²) in [5.41, 5.74) is 2.12. The quantitative estimate of drug-likeness (QED) is 0.889. The van der Waals surface area contributed by atoms with Crippen LogP contribution in [0.25, 0.3) is 0 Å². The smallest absolute Gasteiger partial charge is 0.270 e. The summed E-state index contributed by atoms with van der Waals surface area (Å²) < 4.78 is 12.8. The van der Waals surface area contributed by atoms with Crippen LogP contribution < -0.4 is 10.6 Å². The Kier molecular flexibility index (Phi) is 4.87. The highest BCUT2D eigenvalue weighted by Crippen LogP contribution is 2.11. The summed E-state index contributed by atoms with van der Waals surface area (Å²) in [6.45, 7) is 4.35. The van der Waals surface area contributed by atoms with Crippen LogP contribution in [-0.2, 0) is 6.54 Å². The largest absolute Gasteiger partial charge is 0.381 e. The summed E-state index contributed by atoms with van der Waals surface area (Å²) in [7, 11) is 0. The maximum absolute atomic E-state index is 12.8. The van der Waals surface area contributed by atoms with Gasteiger partial charge in [-0.25, -0.2) is 4.39 Å². The van der Waals surface area contributed by atoms with Gasteiger partial charge in [0.2, 0.25) is 0 Å². The number of nitrogens with zero attached hydrogens (tertiary/aromatic N) is 1. The SMILES string of the molecule is CC(C)NC(=O)c1cc(NCc2ccc(F)cc2)ccn1. The van der Waals surface area contributed by atoms with Gasteiger partial charge < -0.3 is 10.6 Å². The fraction of sp³-hybridized carbons (Fsp3) is 0.250. The molecule has 1 aromatic heterocycles. The number of halogens is 1. The first-order valence-corrected chi connectivity index (χ1v) is 6.80. The number of amides is 1.